The fraction of sp³-hybridized carbons (Fsp3) is 0.667. The molecule has 1 fully saturated rings. The number of nitrogens with one attached hydrogen (secondary N) is 1. The zero-order valence-corrected chi connectivity index (χ0v) is 10.3. The Balaban J connectivity index is 1.55. The van der Waals surface area contributed by atoms with Gasteiger partial charge in [0.15, 0.2) is 0 Å². The molecule has 3 atom stereocenters. The van der Waals surface area contributed by atoms with Gasteiger partial charge in [-0.1, -0.05) is 30.4 Å². The van der Waals surface area contributed by atoms with Crippen LogP contribution in [0.4, 0.5) is 5.13 Å². The van der Waals surface area contributed by atoms with Crippen LogP contribution in [0.15, 0.2) is 12.2 Å². The molecule has 0 spiro atoms. The summed E-state index contributed by atoms with van der Waals surface area (Å²) in [5, 5.41) is 13.8. The van der Waals surface area contributed by atoms with Crippen molar-refractivity contribution in [2.45, 2.75) is 26.2 Å². The Hall–Kier alpha value is -0.900. The van der Waals surface area contributed by atoms with Gasteiger partial charge in [0.2, 0.25) is 5.13 Å². The number of aromatic nitrogens is 2. The van der Waals surface area contributed by atoms with Crippen LogP contribution >= 0.6 is 11.3 Å². The quantitative estimate of drug-likeness (QED) is 0.815. The maximum absolute atomic E-state index is 4.15. The Labute approximate surface area is 100.0 Å². The van der Waals surface area contributed by atoms with Crippen molar-refractivity contribution < 1.29 is 0 Å². The molecule has 2 aliphatic rings. The standard InChI is InChI=1S/C12H17N3S/c1-2-11-14-15-12(16-11)13-7-10-6-8-3-4-9(10)5-8/h3-4,8-10H,2,5-7H2,1H3,(H,13,15). The average molecular weight is 235 g/mol. The van der Waals surface area contributed by atoms with E-state index in [2.05, 4.69) is 34.6 Å². The molecule has 2 bridgehead atoms. The number of allylic oxidation sites excluding steroid dienone is 2. The highest BCUT2D eigenvalue weighted by Crippen LogP contribution is 2.43. The third-order valence-corrected chi connectivity index (χ3v) is 4.73. The Morgan fingerprint density at radius 2 is 2.31 bits per heavy atom. The van der Waals surface area contributed by atoms with E-state index in [0.717, 1.165) is 40.9 Å². The molecule has 1 saturated carbocycles. The van der Waals surface area contributed by atoms with Crippen molar-refractivity contribution in [3.05, 3.63) is 17.2 Å². The minimum Gasteiger partial charge on any atom is -0.360 e. The van der Waals surface area contributed by atoms with Crippen LogP contribution in [-0.4, -0.2) is 16.7 Å². The van der Waals surface area contributed by atoms with Crippen molar-refractivity contribution in [2.24, 2.45) is 17.8 Å². The van der Waals surface area contributed by atoms with Gasteiger partial charge in [-0.05, 0) is 37.0 Å². The number of rotatable bonds is 4. The van der Waals surface area contributed by atoms with E-state index in [4.69, 9.17) is 0 Å². The van der Waals surface area contributed by atoms with Crippen LogP contribution in [-0.2, 0) is 6.42 Å². The first-order chi connectivity index (χ1) is 7.85. The van der Waals surface area contributed by atoms with Crippen LogP contribution < -0.4 is 5.32 Å². The highest BCUT2D eigenvalue weighted by molar-refractivity contribution is 7.15. The predicted octanol–water partition coefficient (Wildman–Crippen LogP) is 2.72. The number of aryl methyl sites for hydroxylation is 1. The van der Waals surface area contributed by atoms with Crippen molar-refractivity contribution in [1.82, 2.24) is 10.2 Å². The lowest BCUT2D eigenvalue weighted by Gasteiger charge is -2.17. The Morgan fingerprint density at radius 1 is 1.38 bits per heavy atom. The lowest BCUT2D eigenvalue weighted by atomic mass is 9.94. The number of anilines is 1. The molecule has 0 radical (unpaired) electrons. The van der Waals surface area contributed by atoms with Crippen molar-refractivity contribution in [3.8, 4) is 0 Å². The SMILES string of the molecule is CCc1nnc(NCC2CC3C=CC2C3)s1. The molecule has 4 heteroatoms. The van der Waals surface area contributed by atoms with Crippen molar-refractivity contribution in [1.29, 1.82) is 0 Å². The summed E-state index contributed by atoms with van der Waals surface area (Å²) in [4.78, 5) is 0. The summed E-state index contributed by atoms with van der Waals surface area (Å²) in [6, 6.07) is 0. The molecule has 1 N–H and O–H groups in total. The summed E-state index contributed by atoms with van der Waals surface area (Å²) in [5.41, 5.74) is 0. The van der Waals surface area contributed by atoms with E-state index in [1.807, 2.05) is 0 Å². The summed E-state index contributed by atoms with van der Waals surface area (Å²) in [5.74, 6) is 2.48. The molecule has 1 aromatic rings. The van der Waals surface area contributed by atoms with E-state index in [-0.39, 0.29) is 0 Å². The second-order valence-corrected chi connectivity index (χ2v) is 5.84. The van der Waals surface area contributed by atoms with Crippen LogP contribution in [0.3, 0.4) is 0 Å². The molecular formula is C12H17N3S. The lowest BCUT2D eigenvalue weighted by Crippen LogP contribution is -2.18. The van der Waals surface area contributed by atoms with Crippen LogP contribution in [0.5, 0.6) is 0 Å². The third-order valence-electron chi connectivity index (χ3n) is 3.70. The molecule has 0 amide bonds. The van der Waals surface area contributed by atoms with Crippen LogP contribution in [0.2, 0.25) is 0 Å². The number of hydrogen-bond donors (Lipinski definition) is 1. The summed E-state index contributed by atoms with van der Waals surface area (Å²) >= 11 is 1.68. The first kappa shape index (κ1) is 10.3. The van der Waals surface area contributed by atoms with Gasteiger partial charge in [-0.2, -0.15) is 0 Å². The summed E-state index contributed by atoms with van der Waals surface area (Å²) in [6.45, 7) is 3.18. The molecular weight excluding hydrogens is 218 g/mol. The van der Waals surface area contributed by atoms with E-state index in [1.165, 1.54) is 12.8 Å². The molecule has 0 saturated heterocycles. The molecule has 1 aromatic heterocycles. The lowest BCUT2D eigenvalue weighted by molar-refractivity contribution is 0.471. The summed E-state index contributed by atoms with van der Waals surface area (Å²) < 4.78 is 0. The molecule has 3 unspecified atom stereocenters. The molecule has 0 aromatic carbocycles. The highest BCUT2D eigenvalue weighted by Gasteiger charge is 2.35. The van der Waals surface area contributed by atoms with E-state index < -0.39 is 0 Å². The molecule has 0 aliphatic heterocycles. The van der Waals surface area contributed by atoms with Crippen molar-refractivity contribution in [3.63, 3.8) is 0 Å². The molecule has 3 nitrogen and oxygen atoms in total. The zero-order chi connectivity index (χ0) is 11.0. The topological polar surface area (TPSA) is 37.8 Å². The van der Waals surface area contributed by atoms with Crippen molar-refractivity contribution >= 4 is 16.5 Å². The van der Waals surface area contributed by atoms with Gasteiger partial charge in [-0.15, -0.1) is 10.2 Å². The van der Waals surface area contributed by atoms with Gasteiger partial charge >= 0.3 is 0 Å². The summed E-state index contributed by atoms with van der Waals surface area (Å²) in [6.07, 6.45) is 8.51. The fourth-order valence-corrected chi connectivity index (χ4v) is 3.50. The normalized spacial score (nSPS) is 31.2. The van der Waals surface area contributed by atoms with Gasteiger partial charge in [-0.3, -0.25) is 0 Å². The predicted molar refractivity (Wildman–Crippen MR) is 66.6 cm³/mol. The Bertz CT molecular complexity index is 399. The average Bonchev–Trinajstić information content (AvgIpc) is 3.02. The molecule has 16 heavy (non-hydrogen) atoms. The van der Waals surface area contributed by atoms with Gasteiger partial charge in [0, 0.05) is 6.54 Å². The minimum absolute atomic E-state index is 0.809. The smallest absolute Gasteiger partial charge is 0.205 e. The Kier molecular flexibility index (Phi) is 2.67. The first-order valence-corrected chi connectivity index (χ1v) is 6.91. The van der Waals surface area contributed by atoms with Gasteiger partial charge < -0.3 is 5.32 Å². The highest BCUT2D eigenvalue weighted by atomic mass is 32.1. The van der Waals surface area contributed by atoms with E-state index in [9.17, 15) is 0 Å². The summed E-state index contributed by atoms with van der Waals surface area (Å²) in [7, 11) is 0. The van der Waals surface area contributed by atoms with Crippen LogP contribution in [0, 0.1) is 17.8 Å². The van der Waals surface area contributed by atoms with E-state index in [1.54, 1.807) is 11.3 Å². The Morgan fingerprint density at radius 3 is 2.94 bits per heavy atom. The molecule has 3 rings (SSSR count). The van der Waals surface area contributed by atoms with E-state index >= 15 is 0 Å². The van der Waals surface area contributed by atoms with Crippen molar-refractivity contribution in [2.75, 3.05) is 11.9 Å². The third kappa shape index (κ3) is 1.86. The van der Waals surface area contributed by atoms with Gasteiger partial charge in [-0.25, -0.2) is 0 Å². The largest absolute Gasteiger partial charge is 0.360 e. The number of nitrogens with zero attached hydrogens (tertiary/aromatic N) is 2. The van der Waals surface area contributed by atoms with Gasteiger partial charge in [0.05, 0.1) is 0 Å². The van der Waals surface area contributed by atoms with Crippen LogP contribution in [0.25, 0.3) is 0 Å². The second-order valence-electron chi connectivity index (χ2n) is 4.78. The van der Waals surface area contributed by atoms with Crippen LogP contribution in [0.1, 0.15) is 24.8 Å². The van der Waals surface area contributed by atoms with Gasteiger partial charge in [0.25, 0.3) is 0 Å². The maximum Gasteiger partial charge on any atom is 0.205 e. The molecule has 86 valence electrons. The molecule has 2 aliphatic carbocycles. The minimum atomic E-state index is 0.809. The monoisotopic (exact) mass is 235 g/mol. The maximum atomic E-state index is 4.15. The number of hydrogen-bond acceptors (Lipinski definition) is 4. The first-order valence-electron chi connectivity index (χ1n) is 6.09. The van der Waals surface area contributed by atoms with E-state index in [0.29, 0.717) is 0 Å². The zero-order valence-electron chi connectivity index (χ0n) is 9.52. The molecule has 1 heterocycles. The second kappa shape index (κ2) is 4.17. The number of fused-ring (bicyclic) bond motifs is 2. The van der Waals surface area contributed by atoms with Gasteiger partial charge in [0.1, 0.15) is 5.01 Å². The fourth-order valence-electron chi connectivity index (χ4n) is 2.82.